The van der Waals surface area contributed by atoms with Gasteiger partial charge < -0.3 is 14.9 Å². The maximum atomic E-state index is 12.2. The Kier molecular flexibility index (Phi) is 3.53. The van der Waals surface area contributed by atoms with E-state index in [2.05, 4.69) is 44.5 Å². The minimum Gasteiger partial charge on any atom is -0.320 e. The molecule has 3 rings (SSSR count). The molecule has 0 spiro atoms. The van der Waals surface area contributed by atoms with Crippen LogP contribution in [-0.2, 0) is 13.1 Å². The van der Waals surface area contributed by atoms with Crippen LogP contribution in [-0.4, -0.2) is 26.6 Å². The van der Waals surface area contributed by atoms with Gasteiger partial charge in [-0.25, -0.2) is 9.97 Å². The summed E-state index contributed by atoms with van der Waals surface area (Å²) >= 11 is 0. The van der Waals surface area contributed by atoms with E-state index in [0.717, 1.165) is 5.56 Å². The Morgan fingerprint density at radius 2 is 2.05 bits per heavy atom. The SMILES string of the molecule is CNCc1nc2ncn(Cc3ccc(C)cc3)c2c(=O)[nH]1. The van der Waals surface area contributed by atoms with E-state index < -0.39 is 0 Å². The van der Waals surface area contributed by atoms with Crippen molar-refractivity contribution in [3.63, 3.8) is 0 Å². The van der Waals surface area contributed by atoms with Gasteiger partial charge >= 0.3 is 0 Å². The third kappa shape index (κ3) is 2.71. The van der Waals surface area contributed by atoms with Crippen LogP contribution in [0.3, 0.4) is 0 Å². The van der Waals surface area contributed by atoms with Crippen LogP contribution >= 0.6 is 0 Å². The molecule has 0 saturated carbocycles. The van der Waals surface area contributed by atoms with Crippen molar-refractivity contribution in [1.29, 1.82) is 0 Å². The van der Waals surface area contributed by atoms with Crippen molar-refractivity contribution < 1.29 is 0 Å². The summed E-state index contributed by atoms with van der Waals surface area (Å²) in [4.78, 5) is 23.6. The summed E-state index contributed by atoms with van der Waals surface area (Å²) in [6, 6.07) is 8.22. The summed E-state index contributed by atoms with van der Waals surface area (Å²) in [7, 11) is 1.81. The Labute approximate surface area is 121 Å². The number of hydrogen-bond donors (Lipinski definition) is 2. The summed E-state index contributed by atoms with van der Waals surface area (Å²) in [5, 5.41) is 2.96. The first-order valence-electron chi connectivity index (χ1n) is 6.81. The number of nitrogens with one attached hydrogen (secondary N) is 2. The minimum absolute atomic E-state index is 0.158. The average molecular weight is 283 g/mol. The van der Waals surface area contributed by atoms with E-state index in [9.17, 15) is 4.79 Å². The second-order valence-electron chi connectivity index (χ2n) is 5.07. The zero-order valence-corrected chi connectivity index (χ0v) is 12.1. The van der Waals surface area contributed by atoms with E-state index in [1.807, 2.05) is 11.5 Å². The molecule has 2 N–H and O–H groups in total. The monoisotopic (exact) mass is 283 g/mol. The van der Waals surface area contributed by atoms with E-state index in [0.29, 0.717) is 30.1 Å². The number of imidazole rings is 1. The van der Waals surface area contributed by atoms with Gasteiger partial charge in [0.25, 0.3) is 5.56 Å². The third-order valence-electron chi connectivity index (χ3n) is 3.35. The summed E-state index contributed by atoms with van der Waals surface area (Å²) in [6.07, 6.45) is 1.66. The highest BCUT2D eigenvalue weighted by atomic mass is 16.1. The predicted molar refractivity (Wildman–Crippen MR) is 81.2 cm³/mol. The van der Waals surface area contributed by atoms with Gasteiger partial charge in [-0.15, -0.1) is 0 Å². The first-order chi connectivity index (χ1) is 10.2. The Hall–Kier alpha value is -2.47. The maximum absolute atomic E-state index is 12.2. The number of H-pyrrole nitrogens is 1. The molecule has 0 aliphatic heterocycles. The number of nitrogens with zero attached hydrogens (tertiary/aromatic N) is 3. The van der Waals surface area contributed by atoms with Crippen molar-refractivity contribution >= 4 is 11.2 Å². The van der Waals surface area contributed by atoms with Crippen LogP contribution in [0.5, 0.6) is 0 Å². The number of hydrogen-bond acceptors (Lipinski definition) is 4. The van der Waals surface area contributed by atoms with Crippen molar-refractivity contribution in [2.24, 2.45) is 0 Å². The number of fused-ring (bicyclic) bond motifs is 1. The summed E-state index contributed by atoms with van der Waals surface area (Å²) in [5.74, 6) is 0.593. The molecular formula is C15H17N5O. The van der Waals surface area contributed by atoms with E-state index in [4.69, 9.17) is 0 Å². The molecule has 108 valence electrons. The molecule has 1 aromatic carbocycles. The molecule has 0 unspecified atom stereocenters. The van der Waals surface area contributed by atoms with Gasteiger partial charge in [-0.05, 0) is 19.5 Å². The summed E-state index contributed by atoms with van der Waals surface area (Å²) < 4.78 is 1.83. The lowest BCUT2D eigenvalue weighted by Gasteiger charge is -2.05. The Morgan fingerprint density at radius 3 is 2.76 bits per heavy atom. The number of aromatic nitrogens is 4. The van der Waals surface area contributed by atoms with Gasteiger partial charge in [-0.3, -0.25) is 4.79 Å². The Bertz CT molecular complexity index is 816. The zero-order valence-electron chi connectivity index (χ0n) is 12.1. The Balaban J connectivity index is 2.00. The standard InChI is InChI=1S/C15H17N5O/c1-10-3-5-11(6-4-10)8-20-9-17-14-13(20)15(21)19-12(18-14)7-16-2/h3-6,9,16H,7-8H2,1-2H3,(H,18,19,21). The molecule has 0 atom stereocenters. The van der Waals surface area contributed by atoms with Crippen LogP contribution in [0.1, 0.15) is 17.0 Å². The maximum Gasteiger partial charge on any atom is 0.277 e. The fourth-order valence-corrected chi connectivity index (χ4v) is 2.29. The predicted octanol–water partition coefficient (Wildman–Crippen LogP) is 1.20. The van der Waals surface area contributed by atoms with Crippen molar-refractivity contribution in [3.8, 4) is 0 Å². The highest BCUT2D eigenvalue weighted by Crippen LogP contribution is 2.10. The van der Waals surface area contributed by atoms with Crippen LogP contribution in [0.25, 0.3) is 11.2 Å². The molecule has 0 aliphatic rings. The van der Waals surface area contributed by atoms with Crippen LogP contribution in [0.4, 0.5) is 0 Å². The van der Waals surface area contributed by atoms with Crippen LogP contribution in [0.15, 0.2) is 35.4 Å². The lowest BCUT2D eigenvalue weighted by atomic mass is 10.1. The molecule has 0 radical (unpaired) electrons. The first-order valence-corrected chi connectivity index (χ1v) is 6.81. The molecular weight excluding hydrogens is 266 g/mol. The van der Waals surface area contributed by atoms with E-state index in [1.165, 1.54) is 5.56 Å². The number of benzene rings is 1. The molecule has 0 bridgehead atoms. The van der Waals surface area contributed by atoms with Crippen molar-refractivity contribution in [3.05, 3.63) is 57.9 Å². The molecule has 3 aromatic rings. The van der Waals surface area contributed by atoms with Gasteiger partial charge in [0.2, 0.25) is 0 Å². The zero-order chi connectivity index (χ0) is 14.8. The van der Waals surface area contributed by atoms with E-state index in [1.54, 1.807) is 13.4 Å². The molecule has 2 heterocycles. The fraction of sp³-hybridized carbons (Fsp3) is 0.267. The molecule has 0 saturated heterocycles. The topological polar surface area (TPSA) is 75.6 Å². The van der Waals surface area contributed by atoms with Gasteiger partial charge in [0, 0.05) is 6.54 Å². The van der Waals surface area contributed by atoms with Gasteiger partial charge in [-0.2, -0.15) is 0 Å². The van der Waals surface area contributed by atoms with Crippen molar-refractivity contribution in [1.82, 2.24) is 24.8 Å². The van der Waals surface area contributed by atoms with Crippen LogP contribution < -0.4 is 10.9 Å². The first kappa shape index (κ1) is 13.5. The highest BCUT2D eigenvalue weighted by molar-refractivity contribution is 5.69. The third-order valence-corrected chi connectivity index (χ3v) is 3.35. The molecule has 2 aromatic heterocycles. The highest BCUT2D eigenvalue weighted by Gasteiger charge is 2.10. The van der Waals surface area contributed by atoms with Gasteiger partial charge in [0.15, 0.2) is 11.2 Å². The van der Waals surface area contributed by atoms with Crippen molar-refractivity contribution in [2.75, 3.05) is 7.05 Å². The number of rotatable bonds is 4. The number of aryl methyl sites for hydroxylation is 1. The smallest absolute Gasteiger partial charge is 0.277 e. The molecule has 0 amide bonds. The molecule has 0 aliphatic carbocycles. The van der Waals surface area contributed by atoms with Gasteiger partial charge in [0.1, 0.15) is 5.82 Å². The molecule has 0 fully saturated rings. The van der Waals surface area contributed by atoms with Gasteiger partial charge in [-0.1, -0.05) is 29.8 Å². The molecule has 6 heteroatoms. The summed E-state index contributed by atoms with van der Waals surface area (Å²) in [6.45, 7) is 3.16. The van der Waals surface area contributed by atoms with Crippen LogP contribution in [0, 0.1) is 6.92 Å². The molecule has 6 nitrogen and oxygen atoms in total. The van der Waals surface area contributed by atoms with Crippen molar-refractivity contribution in [2.45, 2.75) is 20.0 Å². The quantitative estimate of drug-likeness (QED) is 0.754. The largest absolute Gasteiger partial charge is 0.320 e. The van der Waals surface area contributed by atoms with E-state index >= 15 is 0 Å². The minimum atomic E-state index is -0.158. The second-order valence-corrected chi connectivity index (χ2v) is 5.07. The lowest BCUT2D eigenvalue weighted by molar-refractivity contribution is 0.756. The fourth-order valence-electron chi connectivity index (χ4n) is 2.29. The van der Waals surface area contributed by atoms with Crippen LogP contribution in [0.2, 0.25) is 0 Å². The van der Waals surface area contributed by atoms with E-state index in [-0.39, 0.29) is 5.56 Å². The Morgan fingerprint density at radius 1 is 1.29 bits per heavy atom. The molecule has 21 heavy (non-hydrogen) atoms. The normalized spacial score (nSPS) is 11.1. The number of aromatic amines is 1. The average Bonchev–Trinajstić information content (AvgIpc) is 2.85. The summed E-state index contributed by atoms with van der Waals surface area (Å²) in [5.41, 5.74) is 3.17. The van der Waals surface area contributed by atoms with Gasteiger partial charge in [0.05, 0.1) is 12.9 Å². The second kappa shape index (κ2) is 5.49. The lowest BCUT2D eigenvalue weighted by Crippen LogP contribution is -2.18.